The number of rotatable bonds is 5. The topological polar surface area (TPSA) is 93.1 Å². The molecule has 0 bridgehead atoms. The highest BCUT2D eigenvalue weighted by atomic mass is 16.5. The number of aromatic hydroxyl groups is 2. The third-order valence-electron chi connectivity index (χ3n) is 3.20. The molecule has 0 saturated carbocycles. The van der Waals surface area contributed by atoms with Gasteiger partial charge in [-0.3, -0.25) is 9.59 Å². The Balaban J connectivity index is 2.80. The second kappa shape index (κ2) is 6.17. The van der Waals surface area contributed by atoms with Crippen molar-refractivity contribution in [1.29, 1.82) is 0 Å². The standard InChI is InChI=1S/C16H14O6/c1-21-13-5-9(7-17)3-11(15(13)19)12-4-10(8-18)6-14(22-2)16(12)20/h3-8,19-20H,1-2H3. The summed E-state index contributed by atoms with van der Waals surface area (Å²) < 4.78 is 10.0. The normalized spacial score (nSPS) is 10.1. The highest BCUT2D eigenvalue weighted by Crippen LogP contribution is 2.45. The minimum Gasteiger partial charge on any atom is -0.504 e. The van der Waals surface area contributed by atoms with Gasteiger partial charge in [0.1, 0.15) is 12.6 Å². The lowest BCUT2D eigenvalue weighted by Gasteiger charge is -2.14. The summed E-state index contributed by atoms with van der Waals surface area (Å²) >= 11 is 0. The summed E-state index contributed by atoms with van der Waals surface area (Å²) in [5.41, 5.74) is 0.806. The van der Waals surface area contributed by atoms with Crippen molar-refractivity contribution in [3.63, 3.8) is 0 Å². The van der Waals surface area contributed by atoms with Crippen LogP contribution >= 0.6 is 0 Å². The zero-order valence-corrected chi connectivity index (χ0v) is 12.0. The molecule has 0 spiro atoms. The Bertz CT molecular complexity index is 672. The second-order valence-corrected chi connectivity index (χ2v) is 4.47. The van der Waals surface area contributed by atoms with Crippen molar-refractivity contribution in [3.05, 3.63) is 35.4 Å². The molecule has 0 radical (unpaired) electrons. The number of phenolic OH excluding ortho intramolecular Hbond substituents is 2. The van der Waals surface area contributed by atoms with Crippen molar-refractivity contribution < 1.29 is 29.3 Å². The van der Waals surface area contributed by atoms with Gasteiger partial charge in [-0.1, -0.05) is 0 Å². The fraction of sp³-hybridized carbons (Fsp3) is 0.125. The number of ether oxygens (including phenoxy) is 2. The van der Waals surface area contributed by atoms with E-state index in [2.05, 4.69) is 0 Å². The average Bonchev–Trinajstić information content (AvgIpc) is 2.55. The molecule has 6 heteroatoms. The van der Waals surface area contributed by atoms with Gasteiger partial charge in [-0.2, -0.15) is 0 Å². The first-order chi connectivity index (χ1) is 10.5. The SMILES string of the molecule is COc1cc(C=O)cc(-c2cc(C=O)cc(OC)c2O)c1O. The summed E-state index contributed by atoms with van der Waals surface area (Å²) in [7, 11) is 2.69. The van der Waals surface area contributed by atoms with Crippen molar-refractivity contribution in [2.24, 2.45) is 0 Å². The molecular formula is C16H14O6. The maximum Gasteiger partial charge on any atom is 0.165 e. The number of carbonyl (C=O) groups excluding carboxylic acids is 2. The van der Waals surface area contributed by atoms with E-state index in [1.165, 1.54) is 38.5 Å². The first-order valence-electron chi connectivity index (χ1n) is 6.28. The maximum absolute atomic E-state index is 11.0. The molecule has 114 valence electrons. The smallest absolute Gasteiger partial charge is 0.165 e. The molecule has 2 aromatic rings. The van der Waals surface area contributed by atoms with Gasteiger partial charge in [0.25, 0.3) is 0 Å². The summed E-state index contributed by atoms with van der Waals surface area (Å²) in [5.74, 6) is -0.356. The highest BCUT2D eigenvalue weighted by Gasteiger charge is 2.18. The van der Waals surface area contributed by atoms with E-state index in [-0.39, 0.29) is 45.3 Å². The van der Waals surface area contributed by atoms with E-state index in [1.54, 1.807) is 0 Å². The van der Waals surface area contributed by atoms with E-state index in [0.29, 0.717) is 12.6 Å². The first-order valence-corrected chi connectivity index (χ1v) is 6.28. The summed E-state index contributed by atoms with van der Waals surface area (Å²) in [6.07, 6.45) is 1.17. The van der Waals surface area contributed by atoms with Gasteiger partial charge in [0.15, 0.2) is 23.0 Å². The Hall–Kier alpha value is -3.02. The summed E-state index contributed by atoms with van der Waals surface area (Å²) in [5, 5.41) is 20.5. The summed E-state index contributed by atoms with van der Waals surface area (Å²) in [6, 6.07) is 5.50. The Kier molecular flexibility index (Phi) is 4.31. The van der Waals surface area contributed by atoms with Crippen molar-refractivity contribution in [1.82, 2.24) is 0 Å². The van der Waals surface area contributed by atoms with E-state index < -0.39 is 0 Å². The van der Waals surface area contributed by atoms with E-state index in [0.717, 1.165) is 0 Å². The molecule has 0 aromatic heterocycles. The molecule has 2 aromatic carbocycles. The molecule has 2 rings (SSSR count). The lowest BCUT2D eigenvalue weighted by molar-refractivity contribution is 0.111. The van der Waals surface area contributed by atoms with Gasteiger partial charge >= 0.3 is 0 Å². The number of benzene rings is 2. The Morgan fingerprint density at radius 1 is 0.773 bits per heavy atom. The number of aldehydes is 2. The van der Waals surface area contributed by atoms with Crippen LogP contribution in [0.15, 0.2) is 24.3 Å². The zero-order valence-electron chi connectivity index (χ0n) is 12.0. The van der Waals surface area contributed by atoms with Crippen molar-refractivity contribution in [2.75, 3.05) is 14.2 Å². The Morgan fingerprint density at radius 3 is 1.41 bits per heavy atom. The maximum atomic E-state index is 11.0. The molecule has 0 unspecified atom stereocenters. The van der Waals surface area contributed by atoms with Gasteiger partial charge in [-0.15, -0.1) is 0 Å². The van der Waals surface area contributed by atoms with Gasteiger partial charge in [-0.05, 0) is 24.3 Å². The van der Waals surface area contributed by atoms with Crippen LogP contribution in [0, 0.1) is 0 Å². The third-order valence-corrected chi connectivity index (χ3v) is 3.20. The number of hydrogen-bond donors (Lipinski definition) is 2. The van der Waals surface area contributed by atoms with Gasteiger partial charge in [0, 0.05) is 22.3 Å². The number of phenols is 2. The van der Waals surface area contributed by atoms with Crippen LogP contribution in [0.3, 0.4) is 0 Å². The largest absolute Gasteiger partial charge is 0.504 e. The van der Waals surface area contributed by atoms with Crippen LogP contribution in [0.4, 0.5) is 0 Å². The zero-order chi connectivity index (χ0) is 16.3. The second-order valence-electron chi connectivity index (χ2n) is 4.47. The van der Waals surface area contributed by atoms with E-state index in [9.17, 15) is 19.8 Å². The molecule has 0 amide bonds. The van der Waals surface area contributed by atoms with Crippen LogP contribution in [0.25, 0.3) is 11.1 Å². The fourth-order valence-corrected chi connectivity index (χ4v) is 2.12. The minimum absolute atomic E-state index is 0.0782. The predicted molar refractivity (Wildman–Crippen MR) is 79.1 cm³/mol. The van der Waals surface area contributed by atoms with Crippen LogP contribution in [-0.4, -0.2) is 37.0 Å². The van der Waals surface area contributed by atoms with Crippen LogP contribution in [0.2, 0.25) is 0 Å². The molecule has 6 nitrogen and oxygen atoms in total. The van der Waals surface area contributed by atoms with Crippen LogP contribution in [0.1, 0.15) is 20.7 Å². The monoisotopic (exact) mass is 302 g/mol. The highest BCUT2D eigenvalue weighted by molar-refractivity contribution is 5.89. The van der Waals surface area contributed by atoms with Crippen LogP contribution in [-0.2, 0) is 0 Å². The van der Waals surface area contributed by atoms with E-state index in [4.69, 9.17) is 9.47 Å². The van der Waals surface area contributed by atoms with Crippen LogP contribution < -0.4 is 9.47 Å². The lowest BCUT2D eigenvalue weighted by Crippen LogP contribution is -1.94. The molecule has 2 N–H and O–H groups in total. The number of hydrogen-bond acceptors (Lipinski definition) is 6. The van der Waals surface area contributed by atoms with Crippen LogP contribution in [0.5, 0.6) is 23.0 Å². The first kappa shape index (κ1) is 15.4. The third kappa shape index (κ3) is 2.58. The van der Waals surface area contributed by atoms with Gasteiger partial charge in [-0.25, -0.2) is 0 Å². The van der Waals surface area contributed by atoms with Crippen molar-refractivity contribution in [3.8, 4) is 34.1 Å². The fourth-order valence-electron chi connectivity index (χ4n) is 2.12. The Labute approximate surface area is 126 Å². The number of carbonyl (C=O) groups is 2. The molecule has 0 fully saturated rings. The quantitative estimate of drug-likeness (QED) is 0.824. The molecule has 22 heavy (non-hydrogen) atoms. The molecule has 0 aliphatic rings. The minimum atomic E-state index is -0.256. The Morgan fingerprint density at radius 2 is 1.14 bits per heavy atom. The van der Waals surface area contributed by atoms with E-state index in [1.807, 2.05) is 0 Å². The molecule has 0 heterocycles. The van der Waals surface area contributed by atoms with Gasteiger partial charge in [0.2, 0.25) is 0 Å². The molecule has 0 saturated heterocycles. The molecule has 0 aliphatic heterocycles. The summed E-state index contributed by atoms with van der Waals surface area (Å²) in [6.45, 7) is 0. The predicted octanol–water partition coefficient (Wildman–Crippen LogP) is 2.41. The molecule has 0 aliphatic carbocycles. The molecule has 0 atom stereocenters. The van der Waals surface area contributed by atoms with E-state index >= 15 is 0 Å². The van der Waals surface area contributed by atoms with Gasteiger partial charge < -0.3 is 19.7 Å². The van der Waals surface area contributed by atoms with Crippen molar-refractivity contribution in [2.45, 2.75) is 0 Å². The molecular weight excluding hydrogens is 288 g/mol. The van der Waals surface area contributed by atoms with Gasteiger partial charge in [0.05, 0.1) is 14.2 Å². The number of methoxy groups -OCH3 is 2. The summed E-state index contributed by atoms with van der Waals surface area (Å²) in [4.78, 5) is 22.0. The van der Waals surface area contributed by atoms with Crippen molar-refractivity contribution >= 4 is 12.6 Å². The lowest BCUT2D eigenvalue weighted by atomic mass is 9.98. The average molecular weight is 302 g/mol.